The third kappa shape index (κ3) is 3.78. The number of carbonyl (C=O) groups is 2. The van der Waals surface area contributed by atoms with Crippen molar-refractivity contribution in [3.05, 3.63) is 59.4 Å². The van der Waals surface area contributed by atoms with Crippen LogP contribution < -0.4 is 10.2 Å². The first-order valence-electron chi connectivity index (χ1n) is 9.27. The third-order valence-corrected chi connectivity index (χ3v) is 4.85. The summed E-state index contributed by atoms with van der Waals surface area (Å²) in [5, 5.41) is 6.66. The Morgan fingerprint density at radius 1 is 1.33 bits per heavy atom. The fraction of sp³-hybridized carbons (Fsp3) is 0.316. The van der Waals surface area contributed by atoms with Crippen LogP contribution in [0.5, 0.6) is 0 Å². The smallest absolute Gasteiger partial charge is 0.291 e. The van der Waals surface area contributed by atoms with E-state index in [0.717, 1.165) is 23.9 Å². The lowest BCUT2D eigenvalue weighted by atomic mass is 10.2. The Morgan fingerprint density at radius 2 is 2.13 bits per heavy atom. The van der Waals surface area contributed by atoms with Crippen LogP contribution in [0.15, 0.2) is 30.7 Å². The molecule has 0 saturated heterocycles. The number of likely N-dealkylation sites (N-methyl/N-ethyl adjacent to an activating group) is 1. The molecule has 2 aromatic heterocycles. The zero-order valence-electron chi connectivity index (χ0n) is 16.3. The summed E-state index contributed by atoms with van der Waals surface area (Å²) in [6.45, 7) is 2.27. The van der Waals surface area contributed by atoms with Gasteiger partial charge in [0, 0.05) is 25.4 Å². The number of benzene rings is 1. The molecule has 0 radical (unpaired) electrons. The van der Waals surface area contributed by atoms with Gasteiger partial charge in [-0.15, -0.1) is 5.10 Å². The predicted molar refractivity (Wildman–Crippen MR) is 102 cm³/mol. The second-order valence-electron chi connectivity index (χ2n) is 7.09. The first kappa shape index (κ1) is 19.7. The number of anilines is 1. The van der Waals surface area contributed by atoms with Gasteiger partial charge in [-0.3, -0.25) is 14.5 Å². The van der Waals surface area contributed by atoms with E-state index in [-0.39, 0.29) is 23.8 Å². The summed E-state index contributed by atoms with van der Waals surface area (Å²) in [6, 6.07) is 2.34. The minimum Gasteiger partial charge on any atom is -0.337 e. The number of imidazole rings is 1. The first-order chi connectivity index (χ1) is 14.3. The lowest BCUT2D eigenvalue weighted by Crippen LogP contribution is -2.47. The Balaban J connectivity index is 1.45. The molecule has 30 heavy (non-hydrogen) atoms. The fourth-order valence-electron chi connectivity index (χ4n) is 3.36. The topological polar surface area (TPSA) is 97.9 Å². The number of fused-ring (bicyclic) bond motifs is 1. The van der Waals surface area contributed by atoms with E-state index in [1.807, 2.05) is 17.7 Å². The van der Waals surface area contributed by atoms with Crippen molar-refractivity contribution in [1.82, 2.24) is 29.6 Å². The Labute approximate surface area is 170 Å². The molecule has 9 nitrogen and oxygen atoms in total. The maximum atomic E-state index is 13.8. The quantitative estimate of drug-likeness (QED) is 0.692. The average Bonchev–Trinajstić information content (AvgIpc) is 3.31. The monoisotopic (exact) mass is 415 g/mol. The van der Waals surface area contributed by atoms with Crippen molar-refractivity contribution < 1.29 is 18.4 Å². The van der Waals surface area contributed by atoms with Crippen LogP contribution in [0.1, 0.15) is 28.3 Å². The zero-order chi connectivity index (χ0) is 21.4. The molecule has 3 aromatic rings. The van der Waals surface area contributed by atoms with Crippen molar-refractivity contribution in [3.8, 4) is 0 Å². The molecule has 0 fully saturated rings. The lowest BCUT2D eigenvalue weighted by molar-refractivity contribution is -0.120. The van der Waals surface area contributed by atoms with E-state index in [1.54, 1.807) is 7.05 Å². The van der Waals surface area contributed by atoms with Crippen LogP contribution >= 0.6 is 0 Å². The van der Waals surface area contributed by atoms with Crippen molar-refractivity contribution in [1.29, 1.82) is 0 Å². The highest BCUT2D eigenvalue weighted by Gasteiger charge is 2.31. The van der Waals surface area contributed by atoms with E-state index in [1.165, 1.54) is 15.9 Å². The van der Waals surface area contributed by atoms with Crippen molar-refractivity contribution in [2.24, 2.45) is 0 Å². The predicted octanol–water partition coefficient (Wildman–Crippen LogP) is 1.27. The van der Waals surface area contributed by atoms with Crippen LogP contribution in [0.4, 0.5) is 14.7 Å². The lowest BCUT2D eigenvalue weighted by Gasteiger charge is -2.19. The minimum absolute atomic E-state index is 0.0807. The van der Waals surface area contributed by atoms with Gasteiger partial charge in [0.05, 0.1) is 12.2 Å². The van der Waals surface area contributed by atoms with Crippen molar-refractivity contribution >= 4 is 17.8 Å². The van der Waals surface area contributed by atoms with Gasteiger partial charge in [-0.05, 0) is 31.5 Å². The van der Waals surface area contributed by atoms with E-state index >= 15 is 0 Å². The number of nitrogens with one attached hydrogen (secondary N) is 1. The molecule has 156 valence electrons. The van der Waals surface area contributed by atoms with E-state index in [0.29, 0.717) is 18.9 Å². The van der Waals surface area contributed by atoms with Gasteiger partial charge in [0.15, 0.2) is 0 Å². The number of hydrogen-bond acceptors (Lipinski definition) is 5. The van der Waals surface area contributed by atoms with Crippen LogP contribution in [0.25, 0.3) is 0 Å². The molecule has 11 heteroatoms. The Bertz CT molecular complexity index is 1120. The van der Waals surface area contributed by atoms with E-state index < -0.39 is 23.6 Å². The van der Waals surface area contributed by atoms with Gasteiger partial charge in [-0.2, -0.15) is 0 Å². The number of rotatable bonds is 4. The maximum absolute atomic E-state index is 13.8. The summed E-state index contributed by atoms with van der Waals surface area (Å²) < 4.78 is 30.2. The standard InChI is InChI=1S/C19H19F2N7O2/c1-11-8-27-6-5-15(18(30)26(2)19(27)23-11)24-17(29)16-22-10-28(25-16)9-12-7-13(20)3-4-14(12)21/h3-4,7-8,10,15H,5-6,9H2,1-2H3,(H,24,29)/t15-/m1/s1. The molecule has 1 aliphatic rings. The Kier molecular flexibility index (Phi) is 5.02. The summed E-state index contributed by atoms with van der Waals surface area (Å²) in [6.07, 6.45) is 3.48. The van der Waals surface area contributed by atoms with Crippen LogP contribution in [-0.2, 0) is 17.9 Å². The molecule has 1 aromatic carbocycles. The number of halogens is 2. The molecule has 4 rings (SSSR count). The highest BCUT2D eigenvalue weighted by atomic mass is 19.1. The molecule has 0 aliphatic carbocycles. The van der Waals surface area contributed by atoms with Crippen LogP contribution in [0, 0.1) is 18.6 Å². The second-order valence-corrected chi connectivity index (χ2v) is 7.09. The largest absolute Gasteiger partial charge is 0.337 e. The van der Waals surface area contributed by atoms with E-state index in [4.69, 9.17) is 0 Å². The highest BCUT2D eigenvalue weighted by molar-refractivity contribution is 6.00. The van der Waals surface area contributed by atoms with E-state index in [2.05, 4.69) is 20.4 Å². The van der Waals surface area contributed by atoms with Gasteiger partial charge >= 0.3 is 0 Å². The summed E-state index contributed by atoms with van der Waals surface area (Å²) in [5.41, 5.74) is 0.883. The number of carbonyl (C=O) groups excluding carboxylic acids is 2. The maximum Gasteiger partial charge on any atom is 0.291 e. The normalized spacial score (nSPS) is 16.3. The number of nitrogens with zero attached hydrogens (tertiary/aromatic N) is 6. The number of aromatic nitrogens is 5. The summed E-state index contributed by atoms with van der Waals surface area (Å²) in [5.74, 6) is -1.73. The molecule has 1 aliphatic heterocycles. The van der Waals surface area contributed by atoms with E-state index in [9.17, 15) is 18.4 Å². The molecule has 0 unspecified atom stereocenters. The Morgan fingerprint density at radius 3 is 2.93 bits per heavy atom. The van der Waals surface area contributed by atoms with Gasteiger partial charge in [-0.1, -0.05) is 0 Å². The van der Waals surface area contributed by atoms with Gasteiger partial charge in [0.1, 0.15) is 24.0 Å². The average molecular weight is 415 g/mol. The van der Waals surface area contributed by atoms with Gasteiger partial charge < -0.3 is 9.88 Å². The second kappa shape index (κ2) is 7.65. The van der Waals surface area contributed by atoms with Gasteiger partial charge in [-0.25, -0.2) is 23.4 Å². The molecule has 1 atom stereocenters. The molecule has 1 N–H and O–H groups in total. The number of amides is 2. The highest BCUT2D eigenvalue weighted by Crippen LogP contribution is 2.19. The fourth-order valence-corrected chi connectivity index (χ4v) is 3.36. The Hall–Kier alpha value is -3.63. The molecule has 2 amide bonds. The molecular formula is C19H19F2N7O2. The van der Waals surface area contributed by atoms with Crippen molar-refractivity contribution in [2.45, 2.75) is 32.5 Å². The molecule has 0 saturated carbocycles. The molecular weight excluding hydrogens is 396 g/mol. The van der Waals surface area contributed by atoms with Crippen LogP contribution in [0.2, 0.25) is 0 Å². The van der Waals surface area contributed by atoms with Gasteiger partial charge in [0.2, 0.25) is 11.8 Å². The van der Waals surface area contributed by atoms with Crippen molar-refractivity contribution in [3.63, 3.8) is 0 Å². The summed E-state index contributed by atoms with van der Waals surface area (Å²) >= 11 is 0. The van der Waals surface area contributed by atoms with Crippen LogP contribution in [0.3, 0.4) is 0 Å². The van der Waals surface area contributed by atoms with Crippen LogP contribution in [-0.4, -0.2) is 49.2 Å². The van der Waals surface area contributed by atoms with Gasteiger partial charge in [0.25, 0.3) is 11.8 Å². The van der Waals surface area contributed by atoms with Crippen molar-refractivity contribution in [2.75, 3.05) is 11.9 Å². The molecule has 0 spiro atoms. The first-order valence-corrected chi connectivity index (χ1v) is 9.27. The number of hydrogen-bond donors (Lipinski definition) is 1. The summed E-state index contributed by atoms with van der Waals surface area (Å²) in [4.78, 5) is 35.0. The summed E-state index contributed by atoms with van der Waals surface area (Å²) in [7, 11) is 1.60. The molecule has 3 heterocycles. The third-order valence-electron chi connectivity index (χ3n) is 4.85. The zero-order valence-corrected chi connectivity index (χ0v) is 16.3. The minimum atomic E-state index is -0.767. The SMILES string of the molecule is Cc1cn2c(n1)N(C)C(=O)[C@H](NC(=O)c1ncn(Cc3cc(F)ccc3F)n1)CC2. The molecule has 0 bridgehead atoms. The number of aryl methyl sites for hydroxylation is 2.